The Balaban J connectivity index is 1.85. The Labute approximate surface area is 120 Å². The highest BCUT2D eigenvalue weighted by atomic mass is 16.2. The Morgan fingerprint density at radius 1 is 1.25 bits per heavy atom. The van der Waals surface area contributed by atoms with Crippen LogP contribution < -0.4 is 5.32 Å². The van der Waals surface area contributed by atoms with Gasteiger partial charge in [-0.05, 0) is 25.8 Å². The third-order valence-electron chi connectivity index (χ3n) is 3.51. The molecule has 4 nitrogen and oxygen atoms in total. The summed E-state index contributed by atoms with van der Waals surface area (Å²) in [6.45, 7) is 4.45. The molecule has 1 saturated carbocycles. The first-order valence-corrected chi connectivity index (χ1v) is 7.08. The molecule has 4 heteroatoms. The first-order valence-electron chi connectivity index (χ1n) is 7.08. The summed E-state index contributed by atoms with van der Waals surface area (Å²) in [5, 5.41) is 2.87. The van der Waals surface area contributed by atoms with Crippen LogP contribution >= 0.6 is 0 Å². The van der Waals surface area contributed by atoms with Crippen molar-refractivity contribution in [2.24, 2.45) is 11.8 Å². The molecule has 2 atom stereocenters. The van der Waals surface area contributed by atoms with Gasteiger partial charge in [-0.1, -0.05) is 30.3 Å². The van der Waals surface area contributed by atoms with E-state index in [0.29, 0.717) is 13.0 Å². The van der Waals surface area contributed by atoms with Crippen molar-refractivity contribution < 1.29 is 9.59 Å². The van der Waals surface area contributed by atoms with Gasteiger partial charge in [0.05, 0.1) is 11.8 Å². The second-order valence-electron chi connectivity index (χ2n) is 5.79. The zero-order chi connectivity index (χ0) is 14.7. The monoisotopic (exact) mass is 274 g/mol. The summed E-state index contributed by atoms with van der Waals surface area (Å²) < 4.78 is 0. The van der Waals surface area contributed by atoms with Crippen molar-refractivity contribution in [2.75, 3.05) is 7.05 Å². The van der Waals surface area contributed by atoms with Gasteiger partial charge in [-0.2, -0.15) is 0 Å². The minimum absolute atomic E-state index is 0.00598. The lowest BCUT2D eigenvalue weighted by Crippen LogP contribution is -2.34. The van der Waals surface area contributed by atoms with Crippen LogP contribution in [-0.2, 0) is 16.1 Å². The minimum atomic E-state index is -0.137. The van der Waals surface area contributed by atoms with Crippen molar-refractivity contribution in [3.8, 4) is 0 Å². The molecule has 2 rings (SSSR count). The molecule has 0 bridgehead atoms. The van der Waals surface area contributed by atoms with Crippen molar-refractivity contribution >= 4 is 11.8 Å². The van der Waals surface area contributed by atoms with Crippen LogP contribution in [0.5, 0.6) is 0 Å². The van der Waals surface area contributed by atoms with Gasteiger partial charge >= 0.3 is 0 Å². The molecule has 0 spiro atoms. The van der Waals surface area contributed by atoms with Crippen molar-refractivity contribution in [3.05, 3.63) is 35.9 Å². The number of benzene rings is 1. The second-order valence-corrected chi connectivity index (χ2v) is 5.79. The van der Waals surface area contributed by atoms with Gasteiger partial charge in [0.15, 0.2) is 0 Å². The predicted octanol–water partition coefficient (Wildman–Crippen LogP) is 1.81. The van der Waals surface area contributed by atoms with E-state index in [1.54, 1.807) is 11.9 Å². The maximum Gasteiger partial charge on any atom is 0.226 e. The summed E-state index contributed by atoms with van der Waals surface area (Å²) in [4.78, 5) is 25.8. The predicted molar refractivity (Wildman–Crippen MR) is 77.8 cm³/mol. The fourth-order valence-corrected chi connectivity index (χ4v) is 2.37. The molecule has 1 aliphatic rings. The lowest BCUT2D eigenvalue weighted by Gasteiger charge is -2.17. The van der Waals surface area contributed by atoms with E-state index < -0.39 is 0 Å². The molecule has 0 aromatic heterocycles. The molecule has 1 aromatic rings. The number of carbonyl (C=O) groups is 2. The molecule has 20 heavy (non-hydrogen) atoms. The number of hydrogen-bond acceptors (Lipinski definition) is 2. The van der Waals surface area contributed by atoms with Gasteiger partial charge in [-0.3, -0.25) is 9.59 Å². The Bertz CT molecular complexity index is 485. The van der Waals surface area contributed by atoms with Crippen LogP contribution in [0.25, 0.3) is 0 Å². The Morgan fingerprint density at radius 3 is 2.50 bits per heavy atom. The van der Waals surface area contributed by atoms with Crippen LogP contribution in [0.2, 0.25) is 0 Å². The minimum Gasteiger partial charge on any atom is -0.354 e. The van der Waals surface area contributed by atoms with Crippen molar-refractivity contribution in [1.29, 1.82) is 0 Å². The Kier molecular flexibility index (Phi) is 4.42. The highest BCUT2D eigenvalue weighted by Crippen LogP contribution is 2.40. The van der Waals surface area contributed by atoms with E-state index in [2.05, 4.69) is 5.32 Å². The molecule has 0 heterocycles. The Hall–Kier alpha value is -1.84. The first-order chi connectivity index (χ1) is 9.49. The zero-order valence-corrected chi connectivity index (χ0v) is 12.3. The largest absolute Gasteiger partial charge is 0.354 e. The molecule has 1 aliphatic carbocycles. The number of amides is 2. The maximum absolute atomic E-state index is 12.3. The molecular formula is C16H22N2O2. The highest BCUT2D eigenvalue weighted by molar-refractivity contribution is 5.92. The van der Waals surface area contributed by atoms with Gasteiger partial charge in [0.1, 0.15) is 0 Å². The van der Waals surface area contributed by atoms with Gasteiger partial charge in [0, 0.05) is 19.6 Å². The number of carbonyl (C=O) groups excluding carboxylic acids is 2. The van der Waals surface area contributed by atoms with Crippen LogP contribution in [0.1, 0.15) is 25.8 Å². The molecule has 2 amide bonds. The van der Waals surface area contributed by atoms with Gasteiger partial charge in [0.2, 0.25) is 11.8 Å². The number of nitrogens with one attached hydrogen (secondary N) is 1. The molecule has 0 aliphatic heterocycles. The van der Waals surface area contributed by atoms with Gasteiger partial charge < -0.3 is 10.2 Å². The van der Waals surface area contributed by atoms with E-state index in [1.807, 2.05) is 44.2 Å². The number of hydrogen-bond donors (Lipinski definition) is 1. The topological polar surface area (TPSA) is 49.4 Å². The summed E-state index contributed by atoms with van der Waals surface area (Å²) >= 11 is 0. The van der Waals surface area contributed by atoms with Crippen LogP contribution in [0, 0.1) is 11.8 Å². The fraction of sp³-hybridized carbons (Fsp3) is 0.500. The number of rotatable bonds is 5. The van der Waals surface area contributed by atoms with Crippen LogP contribution in [0.15, 0.2) is 30.3 Å². The maximum atomic E-state index is 12.3. The highest BCUT2D eigenvalue weighted by Gasteiger charge is 2.49. The summed E-state index contributed by atoms with van der Waals surface area (Å²) in [6, 6.07) is 10.0. The molecule has 2 unspecified atom stereocenters. The number of nitrogens with zero attached hydrogens (tertiary/aromatic N) is 1. The normalized spacial score (nSPS) is 20.6. The summed E-state index contributed by atoms with van der Waals surface area (Å²) in [6.07, 6.45) is 0.677. The molecule has 108 valence electrons. The lowest BCUT2D eigenvalue weighted by molar-refractivity contribution is -0.134. The molecule has 0 saturated heterocycles. The van der Waals surface area contributed by atoms with E-state index in [1.165, 1.54) is 0 Å². The van der Waals surface area contributed by atoms with Crippen molar-refractivity contribution in [3.63, 3.8) is 0 Å². The van der Waals surface area contributed by atoms with Crippen LogP contribution in [-0.4, -0.2) is 29.8 Å². The van der Waals surface area contributed by atoms with Crippen LogP contribution in [0.4, 0.5) is 0 Å². The second kappa shape index (κ2) is 6.07. The van der Waals surface area contributed by atoms with Crippen molar-refractivity contribution in [1.82, 2.24) is 10.2 Å². The molecule has 0 radical (unpaired) electrons. The van der Waals surface area contributed by atoms with E-state index in [-0.39, 0.29) is 29.7 Å². The quantitative estimate of drug-likeness (QED) is 0.890. The molecular weight excluding hydrogens is 252 g/mol. The first kappa shape index (κ1) is 14.6. The fourth-order valence-electron chi connectivity index (χ4n) is 2.37. The third-order valence-corrected chi connectivity index (χ3v) is 3.51. The van der Waals surface area contributed by atoms with Gasteiger partial charge in [0.25, 0.3) is 0 Å². The van der Waals surface area contributed by atoms with Crippen molar-refractivity contribution in [2.45, 2.75) is 32.9 Å². The lowest BCUT2D eigenvalue weighted by atomic mass is 10.2. The van der Waals surface area contributed by atoms with Crippen LogP contribution in [0.3, 0.4) is 0 Å². The third kappa shape index (κ3) is 3.59. The zero-order valence-electron chi connectivity index (χ0n) is 12.3. The average Bonchev–Trinajstić information content (AvgIpc) is 3.18. The SMILES string of the molecule is CC(C)NC(=O)C1CC1C(=O)N(C)Cc1ccccc1. The average molecular weight is 274 g/mol. The Morgan fingerprint density at radius 2 is 1.90 bits per heavy atom. The van der Waals surface area contributed by atoms with Gasteiger partial charge in [-0.15, -0.1) is 0 Å². The van der Waals surface area contributed by atoms with E-state index in [9.17, 15) is 9.59 Å². The van der Waals surface area contributed by atoms with E-state index in [0.717, 1.165) is 5.56 Å². The molecule has 1 fully saturated rings. The smallest absolute Gasteiger partial charge is 0.226 e. The summed E-state index contributed by atoms with van der Waals surface area (Å²) in [7, 11) is 1.80. The summed E-state index contributed by atoms with van der Waals surface area (Å²) in [5.74, 6) is -0.199. The standard InChI is InChI=1S/C16H22N2O2/c1-11(2)17-15(19)13-9-14(13)16(20)18(3)10-12-7-5-4-6-8-12/h4-8,11,13-14H,9-10H2,1-3H3,(H,17,19). The summed E-state index contributed by atoms with van der Waals surface area (Å²) in [5.41, 5.74) is 1.10. The van der Waals surface area contributed by atoms with Gasteiger partial charge in [-0.25, -0.2) is 0 Å². The molecule has 1 aromatic carbocycles. The van der Waals surface area contributed by atoms with E-state index >= 15 is 0 Å². The molecule has 1 N–H and O–H groups in total. The van der Waals surface area contributed by atoms with E-state index in [4.69, 9.17) is 0 Å².